The molecule has 0 saturated heterocycles. The van der Waals surface area contributed by atoms with Gasteiger partial charge < -0.3 is 5.11 Å². The van der Waals surface area contributed by atoms with E-state index in [9.17, 15) is 4.79 Å². The number of carboxylic acids is 1. The molecule has 0 saturated carbocycles. The number of aliphatic carboxylic acids is 1. The summed E-state index contributed by atoms with van der Waals surface area (Å²) in [6, 6.07) is 15.8. The highest BCUT2D eigenvalue weighted by atomic mass is 35.5. The van der Waals surface area contributed by atoms with Crippen LogP contribution in [0.2, 0.25) is 5.02 Å². The van der Waals surface area contributed by atoms with Crippen molar-refractivity contribution in [2.75, 3.05) is 0 Å². The van der Waals surface area contributed by atoms with Crippen LogP contribution in [0, 0.1) is 0 Å². The number of carbonyl (C=O) groups is 1. The Balaban J connectivity index is 2.06. The molecule has 0 aromatic heterocycles. The van der Waals surface area contributed by atoms with Crippen molar-refractivity contribution in [2.24, 2.45) is 0 Å². The van der Waals surface area contributed by atoms with Crippen LogP contribution in [0.1, 0.15) is 23.1 Å². The molecule has 3 heteroatoms. The molecular formula is C16H15ClO2. The summed E-state index contributed by atoms with van der Waals surface area (Å²) in [5.41, 5.74) is 3.44. The van der Waals surface area contributed by atoms with Gasteiger partial charge in [0.2, 0.25) is 0 Å². The average molecular weight is 275 g/mol. The average Bonchev–Trinajstić information content (AvgIpc) is 2.40. The summed E-state index contributed by atoms with van der Waals surface area (Å²) in [7, 11) is 0. The number of hydrogen-bond acceptors (Lipinski definition) is 1. The molecule has 0 heterocycles. The van der Waals surface area contributed by atoms with E-state index in [1.807, 2.05) is 36.4 Å². The van der Waals surface area contributed by atoms with E-state index < -0.39 is 5.97 Å². The number of carboxylic acid groups (broad SMARTS) is 1. The molecule has 0 aliphatic heterocycles. The molecule has 0 bridgehead atoms. The third-order valence-electron chi connectivity index (χ3n) is 2.94. The van der Waals surface area contributed by atoms with Gasteiger partial charge in [-0.15, -0.1) is 0 Å². The van der Waals surface area contributed by atoms with Gasteiger partial charge in [0.15, 0.2) is 0 Å². The highest BCUT2D eigenvalue weighted by Crippen LogP contribution is 2.15. The number of rotatable bonds is 5. The van der Waals surface area contributed by atoms with E-state index in [2.05, 4.69) is 12.1 Å². The van der Waals surface area contributed by atoms with Gasteiger partial charge in [0.1, 0.15) is 0 Å². The maximum atomic E-state index is 10.6. The highest BCUT2D eigenvalue weighted by Gasteiger charge is 2.01. The zero-order valence-corrected chi connectivity index (χ0v) is 11.2. The van der Waals surface area contributed by atoms with Gasteiger partial charge in [-0.05, 0) is 41.7 Å². The third kappa shape index (κ3) is 4.42. The Hall–Kier alpha value is -1.80. The fraction of sp³-hybridized carbons (Fsp3) is 0.188. The molecule has 0 aliphatic rings. The van der Waals surface area contributed by atoms with E-state index >= 15 is 0 Å². The first-order valence-corrected chi connectivity index (χ1v) is 6.55. The summed E-state index contributed by atoms with van der Waals surface area (Å²) in [5, 5.41) is 9.43. The second-order valence-corrected chi connectivity index (χ2v) is 4.95. The van der Waals surface area contributed by atoms with Gasteiger partial charge >= 0.3 is 5.97 Å². The van der Waals surface area contributed by atoms with Crippen molar-refractivity contribution in [3.05, 3.63) is 70.2 Å². The quantitative estimate of drug-likeness (QED) is 0.896. The zero-order chi connectivity index (χ0) is 13.7. The van der Waals surface area contributed by atoms with Gasteiger partial charge in [-0.1, -0.05) is 48.0 Å². The van der Waals surface area contributed by atoms with Crippen molar-refractivity contribution >= 4 is 17.6 Å². The van der Waals surface area contributed by atoms with Crippen LogP contribution in [-0.2, 0) is 17.6 Å². The molecule has 0 unspecified atom stereocenters. The maximum absolute atomic E-state index is 10.6. The zero-order valence-electron chi connectivity index (χ0n) is 10.5. The van der Waals surface area contributed by atoms with Crippen molar-refractivity contribution in [3.8, 4) is 0 Å². The Morgan fingerprint density at radius 1 is 1.00 bits per heavy atom. The van der Waals surface area contributed by atoms with Crippen LogP contribution in [0.15, 0.2) is 48.5 Å². The molecule has 19 heavy (non-hydrogen) atoms. The maximum Gasteiger partial charge on any atom is 0.303 e. The van der Waals surface area contributed by atoms with E-state index in [4.69, 9.17) is 16.7 Å². The highest BCUT2D eigenvalue weighted by molar-refractivity contribution is 6.30. The summed E-state index contributed by atoms with van der Waals surface area (Å²) >= 11 is 5.86. The number of hydrogen-bond donors (Lipinski definition) is 1. The van der Waals surface area contributed by atoms with Gasteiger partial charge in [0.05, 0.1) is 0 Å². The lowest BCUT2D eigenvalue weighted by atomic mass is 10.0. The minimum absolute atomic E-state index is 0.171. The van der Waals surface area contributed by atoms with Crippen LogP contribution in [0.4, 0.5) is 0 Å². The largest absolute Gasteiger partial charge is 0.481 e. The summed E-state index contributed by atoms with van der Waals surface area (Å²) < 4.78 is 0. The molecule has 2 aromatic carbocycles. The van der Waals surface area contributed by atoms with Gasteiger partial charge in [-0.25, -0.2) is 0 Å². The first kappa shape index (κ1) is 13.6. The first-order chi connectivity index (χ1) is 9.13. The molecule has 98 valence electrons. The normalized spacial score (nSPS) is 10.4. The minimum Gasteiger partial charge on any atom is -0.481 e. The van der Waals surface area contributed by atoms with E-state index in [0.29, 0.717) is 6.42 Å². The van der Waals surface area contributed by atoms with E-state index in [1.54, 1.807) is 0 Å². The van der Waals surface area contributed by atoms with Gasteiger partial charge in [0, 0.05) is 11.4 Å². The molecule has 2 nitrogen and oxygen atoms in total. The minimum atomic E-state index is -0.761. The summed E-state index contributed by atoms with van der Waals surface area (Å²) in [5.74, 6) is -0.761. The molecule has 2 rings (SSSR count). The number of benzene rings is 2. The topological polar surface area (TPSA) is 37.3 Å². The molecule has 1 N–H and O–H groups in total. The Morgan fingerprint density at radius 3 is 2.37 bits per heavy atom. The second-order valence-electron chi connectivity index (χ2n) is 4.52. The Labute approximate surface area is 117 Å². The van der Waals surface area contributed by atoms with Gasteiger partial charge in [0.25, 0.3) is 0 Å². The molecule has 0 atom stereocenters. The monoisotopic (exact) mass is 274 g/mol. The molecule has 0 spiro atoms. The smallest absolute Gasteiger partial charge is 0.303 e. The van der Waals surface area contributed by atoms with Crippen molar-refractivity contribution in [3.63, 3.8) is 0 Å². The van der Waals surface area contributed by atoms with Crippen LogP contribution >= 0.6 is 11.6 Å². The van der Waals surface area contributed by atoms with Crippen LogP contribution in [-0.4, -0.2) is 11.1 Å². The Morgan fingerprint density at radius 2 is 1.68 bits per heavy atom. The van der Waals surface area contributed by atoms with Crippen molar-refractivity contribution in [2.45, 2.75) is 19.3 Å². The first-order valence-electron chi connectivity index (χ1n) is 6.17. The van der Waals surface area contributed by atoms with Crippen molar-refractivity contribution < 1.29 is 9.90 Å². The SMILES string of the molecule is O=C(O)CCc1cccc(Cc2ccc(Cl)cc2)c1. The molecule has 0 amide bonds. The standard InChI is InChI=1S/C16H15ClO2/c17-15-7-4-13(5-8-15)11-14-3-1-2-12(10-14)6-9-16(18)19/h1-5,7-8,10H,6,9,11H2,(H,18,19). The van der Waals surface area contributed by atoms with Gasteiger partial charge in [-0.2, -0.15) is 0 Å². The second kappa shape index (κ2) is 6.39. The van der Waals surface area contributed by atoms with Crippen LogP contribution in [0.3, 0.4) is 0 Å². The van der Waals surface area contributed by atoms with Crippen molar-refractivity contribution in [1.82, 2.24) is 0 Å². The Kier molecular flexibility index (Phi) is 4.58. The number of aryl methyl sites for hydroxylation is 1. The lowest BCUT2D eigenvalue weighted by Gasteiger charge is -2.05. The Bertz CT molecular complexity index is 561. The van der Waals surface area contributed by atoms with Crippen LogP contribution in [0.5, 0.6) is 0 Å². The molecule has 0 radical (unpaired) electrons. The van der Waals surface area contributed by atoms with Gasteiger partial charge in [-0.3, -0.25) is 4.79 Å². The fourth-order valence-corrected chi connectivity index (χ4v) is 2.11. The lowest BCUT2D eigenvalue weighted by Crippen LogP contribution is -1.98. The lowest BCUT2D eigenvalue weighted by molar-refractivity contribution is -0.136. The third-order valence-corrected chi connectivity index (χ3v) is 3.19. The van der Waals surface area contributed by atoms with Crippen LogP contribution < -0.4 is 0 Å². The molecular weight excluding hydrogens is 260 g/mol. The molecule has 0 aliphatic carbocycles. The van der Waals surface area contributed by atoms with E-state index in [1.165, 1.54) is 11.1 Å². The summed E-state index contributed by atoms with van der Waals surface area (Å²) in [6.07, 6.45) is 1.58. The summed E-state index contributed by atoms with van der Waals surface area (Å²) in [4.78, 5) is 10.6. The van der Waals surface area contributed by atoms with Crippen molar-refractivity contribution in [1.29, 1.82) is 0 Å². The fourth-order valence-electron chi connectivity index (χ4n) is 1.98. The predicted octanol–water partition coefficient (Wildman–Crippen LogP) is 3.95. The molecule has 2 aromatic rings. The number of halogens is 1. The van der Waals surface area contributed by atoms with Crippen LogP contribution in [0.25, 0.3) is 0 Å². The summed E-state index contributed by atoms with van der Waals surface area (Å²) in [6.45, 7) is 0. The predicted molar refractivity (Wildman–Crippen MR) is 76.7 cm³/mol. The molecule has 0 fully saturated rings. The van der Waals surface area contributed by atoms with E-state index in [0.717, 1.165) is 17.0 Å². The van der Waals surface area contributed by atoms with E-state index in [-0.39, 0.29) is 6.42 Å².